The van der Waals surface area contributed by atoms with Gasteiger partial charge in [0.05, 0.1) is 5.56 Å². The van der Waals surface area contributed by atoms with Crippen LogP contribution in [0, 0.1) is 5.92 Å². The number of benzene rings is 4. The Labute approximate surface area is 263 Å². The van der Waals surface area contributed by atoms with Crippen molar-refractivity contribution in [2.45, 2.75) is 52.1 Å². The third-order valence-electron chi connectivity index (χ3n) is 7.85. The number of hydrogen-bond acceptors (Lipinski definition) is 5. The van der Waals surface area contributed by atoms with Gasteiger partial charge in [-0.05, 0) is 71.0 Å². The van der Waals surface area contributed by atoms with Crippen molar-refractivity contribution in [2.24, 2.45) is 5.92 Å². The third kappa shape index (κ3) is 8.70. The summed E-state index contributed by atoms with van der Waals surface area (Å²) < 4.78 is 10.9. The Kier molecular flexibility index (Phi) is 9.78. The van der Waals surface area contributed by atoms with E-state index in [1.807, 2.05) is 54.6 Å². The Hall–Kier alpha value is -5.17. The molecule has 5 rings (SSSR count). The molecule has 0 radical (unpaired) electrons. The lowest BCUT2D eigenvalue weighted by molar-refractivity contribution is 0.0697. The van der Waals surface area contributed by atoms with Crippen molar-refractivity contribution in [2.75, 3.05) is 0 Å². The quantitative estimate of drug-likeness (QED) is 0.149. The van der Waals surface area contributed by atoms with Gasteiger partial charge in [-0.1, -0.05) is 117 Å². The Bertz CT molecular complexity index is 1790. The number of allylic oxidation sites excluding steroid dienone is 1. The molecule has 4 aromatic carbocycles. The van der Waals surface area contributed by atoms with E-state index in [4.69, 9.17) is 4.74 Å². The van der Waals surface area contributed by atoms with Crippen LogP contribution in [-0.2, 0) is 24.9 Å². The van der Waals surface area contributed by atoms with E-state index in [0.29, 0.717) is 12.4 Å². The maximum Gasteiger partial charge on any atom is 0.439 e. The first-order valence-electron chi connectivity index (χ1n) is 15.1. The van der Waals surface area contributed by atoms with Gasteiger partial charge in [-0.15, -0.1) is 0 Å². The standard InChI is InChI=1S/C38H38N2O5/c1-38(2,3)33-22-15-29(16-23-33)25-44-34-7-5-4-6-30(34)17-12-27(24-28-13-20-32(21-14-28)36(41)42)9-8-26-10-18-31(19-11-26)35-39-37(43)45-40-35/h4-7,10-23,27H,8-9,24-25H2,1-3H3,(H,41,42)(H,39,40,43). The monoisotopic (exact) mass is 602 g/mol. The number of para-hydroxylation sites is 1. The molecule has 0 aliphatic rings. The first kappa shape index (κ1) is 31.3. The molecule has 0 bridgehead atoms. The number of ether oxygens (including phenoxy) is 1. The van der Waals surface area contributed by atoms with Gasteiger partial charge in [0.15, 0.2) is 5.82 Å². The molecule has 0 spiro atoms. The van der Waals surface area contributed by atoms with Crippen LogP contribution in [0.1, 0.15) is 65.4 Å². The summed E-state index contributed by atoms with van der Waals surface area (Å²) in [5, 5.41) is 13.1. The summed E-state index contributed by atoms with van der Waals surface area (Å²) in [6.45, 7) is 7.10. The van der Waals surface area contributed by atoms with Gasteiger partial charge in [0.2, 0.25) is 0 Å². The van der Waals surface area contributed by atoms with E-state index in [1.54, 1.807) is 12.1 Å². The molecule has 0 fully saturated rings. The highest BCUT2D eigenvalue weighted by molar-refractivity contribution is 5.87. The Balaban J connectivity index is 1.30. The van der Waals surface area contributed by atoms with E-state index in [0.717, 1.165) is 52.8 Å². The second-order valence-electron chi connectivity index (χ2n) is 12.3. The van der Waals surface area contributed by atoms with E-state index in [-0.39, 0.29) is 16.9 Å². The van der Waals surface area contributed by atoms with E-state index in [2.05, 4.69) is 77.9 Å². The summed E-state index contributed by atoms with van der Waals surface area (Å²) in [6.07, 6.45) is 6.82. The van der Waals surface area contributed by atoms with Crippen molar-refractivity contribution < 1.29 is 19.2 Å². The van der Waals surface area contributed by atoms with Crippen molar-refractivity contribution in [3.05, 3.63) is 147 Å². The molecule has 1 aromatic heterocycles. The van der Waals surface area contributed by atoms with Crippen LogP contribution in [0.2, 0.25) is 0 Å². The molecule has 2 N–H and O–H groups in total. The Morgan fingerprint density at radius 2 is 1.58 bits per heavy atom. The van der Waals surface area contributed by atoms with Crippen LogP contribution in [0.25, 0.3) is 17.5 Å². The molecule has 7 heteroatoms. The predicted molar refractivity (Wildman–Crippen MR) is 176 cm³/mol. The van der Waals surface area contributed by atoms with Gasteiger partial charge >= 0.3 is 11.7 Å². The lowest BCUT2D eigenvalue weighted by atomic mass is 9.87. The van der Waals surface area contributed by atoms with Crippen LogP contribution in [0.5, 0.6) is 5.75 Å². The molecule has 0 saturated carbocycles. The normalized spacial score (nSPS) is 12.3. The highest BCUT2D eigenvalue weighted by Crippen LogP contribution is 2.26. The smallest absolute Gasteiger partial charge is 0.439 e. The van der Waals surface area contributed by atoms with Crippen molar-refractivity contribution >= 4 is 12.0 Å². The zero-order chi connectivity index (χ0) is 31.8. The first-order valence-corrected chi connectivity index (χ1v) is 15.1. The molecule has 1 unspecified atom stereocenters. The molecule has 1 heterocycles. The predicted octanol–water partition coefficient (Wildman–Crippen LogP) is 8.11. The van der Waals surface area contributed by atoms with Crippen molar-refractivity contribution in [3.63, 3.8) is 0 Å². The summed E-state index contributed by atoms with van der Waals surface area (Å²) in [4.78, 5) is 25.2. The van der Waals surface area contributed by atoms with Crippen LogP contribution in [0.3, 0.4) is 0 Å². The number of carboxylic acids is 1. The molecule has 5 aromatic rings. The number of nitrogens with one attached hydrogen (secondary N) is 1. The number of H-pyrrole nitrogens is 1. The largest absolute Gasteiger partial charge is 0.488 e. The van der Waals surface area contributed by atoms with E-state index in [1.165, 1.54) is 5.56 Å². The van der Waals surface area contributed by atoms with Gasteiger partial charge in [0.25, 0.3) is 0 Å². The van der Waals surface area contributed by atoms with E-state index >= 15 is 0 Å². The topological polar surface area (TPSA) is 105 Å². The number of nitrogens with zero attached hydrogens (tertiary/aromatic N) is 1. The molecule has 0 saturated heterocycles. The fourth-order valence-corrected chi connectivity index (χ4v) is 5.14. The molecule has 0 aliphatic carbocycles. The van der Waals surface area contributed by atoms with Crippen LogP contribution < -0.4 is 10.5 Å². The van der Waals surface area contributed by atoms with Crippen LogP contribution in [0.4, 0.5) is 0 Å². The average Bonchev–Trinajstić information content (AvgIpc) is 3.48. The summed E-state index contributed by atoms with van der Waals surface area (Å²) in [5.74, 6) is -0.107. The zero-order valence-corrected chi connectivity index (χ0v) is 25.8. The third-order valence-corrected chi connectivity index (χ3v) is 7.85. The molecule has 45 heavy (non-hydrogen) atoms. The molecule has 0 aliphatic heterocycles. The number of carboxylic acid groups (broad SMARTS) is 1. The second kappa shape index (κ2) is 14.1. The van der Waals surface area contributed by atoms with Crippen LogP contribution in [-0.4, -0.2) is 21.2 Å². The van der Waals surface area contributed by atoms with Gasteiger partial charge < -0.3 is 9.84 Å². The zero-order valence-electron chi connectivity index (χ0n) is 25.8. The highest BCUT2D eigenvalue weighted by atomic mass is 16.5. The maximum atomic E-state index is 11.3. The second-order valence-corrected chi connectivity index (χ2v) is 12.3. The maximum absolute atomic E-state index is 11.3. The summed E-state index contributed by atoms with van der Waals surface area (Å²) >= 11 is 0. The molecular weight excluding hydrogens is 564 g/mol. The molecule has 230 valence electrons. The van der Waals surface area contributed by atoms with E-state index < -0.39 is 11.7 Å². The van der Waals surface area contributed by atoms with Gasteiger partial charge in [-0.3, -0.25) is 9.51 Å². The first-order chi connectivity index (χ1) is 21.6. The minimum absolute atomic E-state index is 0.106. The molecule has 7 nitrogen and oxygen atoms in total. The number of aromatic amines is 1. The summed E-state index contributed by atoms with van der Waals surface area (Å²) in [7, 11) is 0. The lowest BCUT2D eigenvalue weighted by Gasteiger charge is -2.19. The van der Waals surface area contributed by atoms with Crippen molar-refractivity contribution in [1.29, 1.82) is 0 Å². The average molecular weight is 603 g/mol. The van der Waals surface area contributed by atoms with E-state index in [9.17, 15) is 14.7 Å². The number of aromatic nitrogens is 2. The summed E-state index contributed by atoms with van der Waals surface area (Å²) in [5.41, 5.74) is 6.80. The fourth-order valence-electron chi connectivity index (χ4n) is 5.14. The van der Waals surface area contributed by atoms with Crippen LogP contribution >= 0.6 is 0 Å². The minimum Gasteiger partial charge on any atom is -0.488 e. The highest BCUT2D eigenvalue weighted by Gasteiger charge is 2.14. The number of carbonyl (C=O) groups is 1. The van der Waals surface area contributed by atoms with Gasteiger partial charge in [0, 0.05) is 11.1 Å². The Morgan fingerprint density at radius 3 is 2.22 bits per heavy atom. The van der Waals surface area contributed by atoms with Crippen LogP contribution in [0.15, 0.2) is 112 Å². The number of aryl methyl sites for hydroxylation is 1. The minimum atomic E-state index is -0.933. The van der Waals surface area contributed by atoms with Crippen molar-refractivity contribution in [3.8, 4) is 17.1 Å². The lowest BCUT2D eigenvalue weighted by Crippen LogP contribution is -2.10. The number of aromatic carboxylic acids is 1. The number of hydrogen-bond donors (Lipinski definition) is 2. The van der Waals surface area contributed by atoms with Gasteiger partial charge in [-0.2, -0.15) is 0 Å². The van der Waals surface area contributed by atoms with Crippen molar-refractivity contribution in [1.82, 2.24) is 10.1 Å². The fraction of sp³-hybridized carbons (Fsp3) is 0.237. The molecule has 1 atom stereocenters. The molecule has 0 amide bonds. The molecular formula is C38H38N2O5. The Morgan fingerprint density at radius 1 is 0.911 bits per heavy atom. The summed E-state index contributed by atoms with van der Waals surface area (Å²) in [6, 6.07) is 31.6. The number of rotatable bonds is 12. The van der Waals surface area contributed by atoms with Gasteiger partial charge in [0.1, 0.15) is 12.4 Å². The van der Waals surface area contributed by atoms with Gasteiger partial charge in [-0.25, -0.2) is 9.59 Å². The SMILES string of the molecule is CC(C)(C)c1ccc(COc2ccccc2C=CC(CCc2ccc(-c3noc(=O)[nH]3)cc2)Cc2ccc(C(=O)O)cc2)cc1.